The molecule has 2 aromatic carbocycles. The van der Waals surface area contributed by atoms with Gasteiger partial charge < -0.3 is 10.2 Å². The minimum atomic E-state index is -3.92. The van der Waals surface area contributed by atoms with E-state index in [1.165, 1.54) is 24.8 Å². The van der Waals surface area contributed by atoms with Crippen molar-refractivity contribution in [2.45, 2.75) is 25.2 Å². The fourth-order valence-corrected chi connectivity index (χ4v) is 5.02. The Kier molecular flexibility index (Phi) is 5.25. The average molecular weight is 452 g/mol. The fraction of sp³-hybridized carbons (Fsp3) is 0.222. The second-order valence-electron chi connectivity index (χ2n) is 6.20. The number of sulfonamides is 1. The Morgan fingerprint density at radius 1 is 1.07 bits per heavy atom. The first-order chi connectivity index (χ1) is 12.7. The van der Waals surface area contributed by atoms with Crippen LogP contribution in [0.2, 0.25) is 0 Å². The molecule has 0 radical (unpaired) electrons. The maximum absolute atomic E-state index is 13.0. The lowest BCUT2D eigenvalue weighted by Gasteiger charge is -2.19. The Bertz CT molecular complexity index is 1020. The van der Waals surface area contributed by atoms with Crippen LogP contribution in [0.1, 0.15) is 19.4 Å². The third kappa shape index (κ3) is 4.14. The number of halogens is 1. The highest BCUT2D eigenvalue weighted by molar-refractivity contribution is 9.10. The Morgan fingerprint density at radius 3 is 2.30 bits per heavy atom. The third-order valence-electron chi connectivity index (χ3n) is 4.12. The van der Waals surface area contributed by atoms with Gasteiger partial charge in [-0.25, -0.2) is 8.42 Å². The van der Waals surface area contributed by atoms with Crippen molar-refractivity contribution in [1.82, 2.24) is 0 Å². The Hall–Kier alpha value is -2.39. The van der Waals surface area contributed by atoms with Crippen molar-refractivity contribution in [2.24, 2.45) is 0 Å². The summed E-state index contributed by atoms with van der Waals surface area (Å²) >= 11 is 3.35. The zero-order valence-corrected chi connectivity index (χ0v) is 17.1. The molecule has 0 saturated carbocycles. The van der Waals surface area contributed by atoms with Gasteiger partial charge in [-0.1, -0.05) is 15.9 Å². The van der Waals surface area contributed by atoms with Gasteiger partial charge in [-0.05, 0) is 48.4 Å². The number of fused-ring (bicyclic) bond motifs is 1. The molecule has 9 heteroatoms. The smallest absolute Gasteiger partial charge is 0.264 e. The summed E-state index contributed by atoms with van der Waals surface area (Å²) in [6.45, 7) is 3.27. The number of nitrogens with one attached hydrogen (secondary N) is 2. The summed E-state index contributed by atoms with van der Waals surface area (Å²) in [5.41, 5.74) is 2.15. The number of hydrogen-bond donors (Lipinski definition) is 2. The molecule has 0 spiro atoms. The van der Waals surface area contributed by atoms with Crippen LogP contribution in [0.15, 0.2) is 45.8 Å². The molecule has 142 valence electrons. The molecule has 0 bridgehead atoms. The van der Waals surface area contributed by atoms with Crippen LogP contribution < -0.4 is 14.9 Å². The summed E-state index contributed by atoms with van der Waals surface area (Å²) in [6, 6.07) is 9.65. The second kappa shape index (κ2) is 7.32. The third-order valence-corrected chi connectivity index (χ3v) is 5.97. The van der Waals surface area contributed by atoms with Crippen LogP contribution in [0, 0.1) is 0 Å². The van der Waals surface area contributed by atoms with Crippen LogP contribution in [0.25, 0.3) is 0 Å². The molecule has 7 nitrogen and oxygen atoms in total. The van der Waals surface area contributed by atoms with Crippen molar-refractivity contribution < 1.29 is 18.0 Å². The predicted octanol–water partition coefficient (Wildman–Crippen LogP) is 3.12. The van der Waals surface area contributed by atoms with Crippen LogP contribution in [0.3, 0.4) is 0 Å². The van der Waals surface area contributed by atoms with Crippen molar-refractivity contribution in [3.63, 3.8) is 0 Å². The van der Waals surface area contributed by atoms with Gasteiger partial charge in [-0.2, -0.15) is 0 Å². The van der Waals surface area contributed by atoms with E-state index in [1.54, 1.807) is 24.3 Å². The molecular formula is C18H18BrN3O4S. The monoisotopic (exact) mass is 451 g/mol. The van der Waals surface area contributed by atoms with Crippen LogP contribution in [0.4, 0.5) is 17.1 Å². The van der Waals surface area contributed by atoms with Gasteiger partial charge in [-0.15, -0.1) is 0 Å². The molecule has 2 amide bonds. The highest BCUT2D eigenvalue weighted by Gasteiger charge is 2.31. The van der Waals surface area contributed by atoms with Gasteiger partial charge >= 0.3 is 0 Å². The van der Waals surface area contributed by atoms with Gasteiger partial charge in [0.2, 0.25) is 11.8 Å². The molecule has 0 unspecified atom stereocenters. The normalized spacial score (nSPS) is 13.2. The van der Waals surface area contributed by atoms with E-state index in [2.05, 4.69) is 26.0 Å². The van der Waals surface area contributed by atoms with Crippen molar-refractivity contribution in [1.29, 1.82) is 0 Å². The van der Waals surface area contributed by atoms with E-state index >= 15 is 0 Å². The SMILES string of the molecule is CC(=O)Nc1ccc(NS(=O)(=O)c2cc(Br)cc3c2N(C(C)=O)CC3)cc1. The fourth-order valence-electron chi connectivity index (χ4n) is 3.02. The predicted molar refractivity (Wildman–Crippen MR) is 107 cm³/mol. The summed E-state index contributed by atoms with van der Waals surface area (Å²) in [4.78, 5) is 24.5. The van der Waals surface area contributed by atoms with E-state index < -0.39 is 10.0 Å². The van der Waals surface area contributed by atoms with Gasteiger partial charge in [-0.3, -0.25) is 14.3 Å². The van der Waals surface area contributed by atoms with Crippen LogP contribution in [0.5, 0.6) is 0 Å². The molecule has 0 atom stereocenters. The Labute approximate surface area is 165 Å². The van der Waals surface area contributed by atoms with E-state index in [0.717, 1.165) is 5.56 Å². The van der Waals surface area contributed by atoms with E-state index in [0.29, 0.717) is 34.5 Å². The lowest BCUT2D eigenvalue weighted by Crippen LogP contribution is -2.28. The molecule has 1 aliphatic heterocycles. The van der Waals surface area contributed by atoms with Crippen LogP contribution >= 0.6 is 15.9 Å². The van der Waals surface area contributed by atoms with Crippen LogP contribution in [-0.4, -0.2) is 26.8 Å². The highest BCUT2D eigenvalue weighted by Crippen LogP contribution is 2.38. The van der Waals surface area contributed by atoms with Gasteiger partial charge in [0.15, 0.2) is 0 Å². The first-order valence-corrected chi connectivity index (χ1v) is 10.5. The number of rotatable bonds is 4. The number of carbonyl (C=O) groups excluding carboxylic acids is 2. The number of hydrogen-bond acceptors (Lipinski definition) is 4. The molecule has 0 aromatic heterocycles. The maximum atomic E-state index is 13.0. The van der Waals surface area contributed by atoms with E-state index in [-0.39, 0.29) is 16.7 Å². The summed E-state index contributed by atoms with van der Waals surface area (Å²) in [6.07, 6.45) is 0.599. The Balaban J connectivity index is 1.96. The molecule has 0 fully saturated rings. The van der Waals surface area contributed by atoms with Gasteiger partial charge in [0.25, 0.3) is 10.0 Å². The van der Waals surface area contributed by atoms with E-state index in [9.17, 15) is 18.0 Å². The number of benzene rings is 2. The average Bonchev–Trinajstić information content (AvgIpc) is 2.99. The van der Waals surface area contributed by atoms with Crippen molar-refractivity contribution >= 4 is 54.8 Å². The molecule has 0 aliphatic carbocycles. The first-order valence-electron chi connectivity index (χ1n) is 8.18. The van der Waals surface area contributed by atoms with Gasteiger partial charge in [0.05, 0.1) is 5.69 Å². The zero-order chi connectivity index (χ0) is 19.8. The van der Waals surface area contributed by atoms with E-state index in [1.807, 2.05) is 6.07 Å². The quantitative estimate of drug-likeness (QED) is 0.745. The molecule has 3 rings (SSSR count). The molecule has 2 aromatic rings. The number of anilines is 3. The van der Waals surface area contributed by atoms with Crippen molar-refractivity contribution in [3.8, 4) is 0 Å². The number of nitrogens with zero attached hydrogens (tertiary/aromatic N) is 1. The first kappa shape index (κ1) is 19.4. The second-order valence-corrected chi connectivity index (χ2v) is 8.76. The van der Waals surface area contributed by atoms with E-state index in [4.69, 9.17) is 0 Å². The molecule has 1 aliphatic rings. The van der Waals surface area contributed by atoms with Gasteiger partial charge in [0.1, 0.15) is 4.90 Å². The summed E-state index contributed by atoms with van der Waals surface area (Å²) < 4.78 is 29.2. The lowest BCUT2D eigenvalue weighted by atomic mass is 10.2. The standard InChI is InChI=1S/C18H18BrN3O4S/c1-11(23)20-15-3-5-16(6-4-15)21-27(25,26)17-10-14(19)9-13-7-8-22(12(2)24)18(13)17/h3-6,9-10,21H,7-8H2,1-2H3,(H,20,23). The largest absolute Gasteiger partial charge is 0.326 e. The Morgan fingerprint density at radius 2 is 1.70 bits per heavy atom. The summed E-state index contributed by atoms with van der Waals surface area (Å²) in [5, 5.41) is 2.62. The molecule has 0 saturated heterocycles. The van der Waals surface area contributed by atoms with Gasteiger partial charge in [0, 0.05) is 36.2 Å². The van der Waals surface area contributed by atoms with Crippen molar-refractivity contribution in [3.05, 3.63) is 46.4 Å². The number of carbonyl (C=O) groups is 2. The molecule has 1 heterocycles. The maximum Gasteiger partial charge on any atom is 0.264 e. The topological polar surface area (TPSA) is 95.6 Å². The highest BCUT2D eigenvalue weighted by atomic mass is 79.9. The lowest BCUT2D eigenvalue weighted by molar-refractivity contribution is -0.116. The molecule has 2 N–H and O–H groups in total. The summed E-state index contributed by atoms with van der Waals surface area (Å²) in [7, 11) is -3.92. The minimum Gasteiger partial charge on any atom is -0.326 e. The molecule has 27 heavy (non-hydrogen) atoms. The van der Waals surface area contributed by atoms with Crippen LogP contribution in [-0.2, 0) is 26.0 Å². The molecular weight excluding hydrogens is 434 g/mol. The van der Waals surface area contributed by atoms with Crippen molar-refractivity contribution in [2.75, 3.05) is 21.5 Å². The summed E-state index contributed by atoms with van der Waals surface area (Å²) in [5.74, 6) is -0.412. The minimum absolute atomic E-state index is 0.0468. The number of amides is 2. The zero-order valence-electron chi connectivity index (χ0n) is 14.7.